The predicted octanol–water partition coefficient (Wildman–Crippen LogP) is 1.69. The molecule has 1 unspecified atom stereocenters. The van der Waals surface area contributed by atoms with Crippen LogP contribution in [0, 0.1) is 0 Å². The van der Waals surface area contributed by atoms with Crippen LogP contribution in [0.1, 0.15) is 17.3 Å². The molecule has 0 radical (unpaired) electrons. The van der Waals surface area contributed by atoms with Gasteiger partial charge in [-0.2, -0.15) is 0 Å². The second kappa shape index (κ2) is 5.41. The van der Waals surface area contributed by atoms with Crippen molar-refractivity contribution >= 4 is 0 Å². The molecule has 4 heteroatoms. The maximum Gasteiger partial charge on any atom is 0.115 e. The van der Waals surface area contributed by atoms with Gasteiger partial charge in [-0.25, -0.2) is 0 Å². The number of rotatable bonds is 4. The molecular weight excluding hydrogens is 214 g/mol. The van der Waals surface area contributed by atoms with Gasteiger partial charge in [-0.1, -0.05) is 12.1 Å². The summed E-state index contributed by atoms with van der Waals surface area (Å²) in [5.41, 5.74) is 2.07. The molecule has 0 saturated carbocycles. The van der Waals surface area contributed by atoms with Crippen molar-refractivity contribution in [2.45, 2.75) is 12.5 Å². The zero-order chi connectivity index (χ0) is 12.1. The van der Waals surface area contributed by atoms with Gasteiger partial charge < -0.3 is 10.4 Å². The second-order valence-corrected chi connectivity index (χ2v) is 3.84. The number of nitrogens with one attached hydrogen (secondary N) is 1. The molecule has 1 atom stereocenters. The summed E-state index contributed by atoms with van der Waals surface area (Å²) in [6, 6.07) is 7.34. The first kappa shape index (κ1) is 11.5. The number of aromatic nitrogens is 2. The largest absolute Gasteiger partial charge is 0.508 e. The Hall–Kier alpha value is -1.94. The number of benzene rings is 1. The standard InChI is InChI=1S/C13H15N3O/c1-14-12(13-9-15-6-7-16-13)8-10-2-4-11(17)5-3-10/h2-7,9,12,14,17H,8H2,1H3. The molecule has 0 fully saturated rings. The van der Waals surface area contributed by atoms with Gasteiger partial charge >= 0.3 is 0 Å². The number of hydrogen-bond donors (Lipinski definition) is 2. The molecule has 88 valence electrons. The van der Waals surface area contributed by atoms with Gasteiger partial charge in [0, 0.05) is 18.6 Å². The molecule has 0 aliphatic carbocycles. The average molecular weight is 229 g/mol. The topological polar surface area (TPSA) is 58.0 Å². The third kappa shape index (κ3) is 3.01. The highest BCUT2D eigenvalue weighted by Crippen LogP contribution is 2.17. The Morgan fingerprint density at radius 1 is 1.24 bits per heavy atom. The quantitative estimate of drug-likeness (QED) is 0.837. The van der Waals surface area contributed by atoms with Crippen molar-refractivity contribution in [3.05, 3.63) is 54.1 Å². The van der Waals surface area contributed by atoms with Gasteiger partial charge in [-0.15, -0.1) is 0 Å². The van der Waals surface area contributed by atoms with E-state index in [-0.39, 0.29) is 11.8 Å². The highest BCUT2D eigenvalue weighted by Gasteiger charge is 2.11. The van der Waals surface area contributed by atoms with E-state index in [9.17, 15) is 5.11 Å². The monoisotopic (exact) mass is 229 g/mol. The maximum absolute atomic E-state index is 9.23. The zero-order valence-electron chi connectivity index (χ0n) is 9.67. The van der Waals surface area contributed by atoms with Crippen LogP contribution in [0.2, 0.25) is 0 Å². The molecule has 0 aliphatic heterocycles. The number of likely N-dealkylation sites (N-methyl/N-ethyl adjacent to an activating group) is 1. The lowest BCUT2D eigenvalue weighted by Gasteiger charge is -2.15. The summed E-state index contributed by atoms with van der Waals surface area (Å²) in [5, 5.41) is 12.4. The van der Waals surface area contributed by atoms with Crippen LogP contribution >= 0.6 is 0 Å². The molecule has 0 aliphatic rings. The minimum absolute atomic E-state index is 0.133. The van der Waals surface area contributed by atoms with Crippen molar-refractivity contribution in [2.75, 3.05) is 7.05 Å². The van der Waals surface area contributed by atoms with Crippen LogP contribution in [0.25, 0.3) is 0 Å². The third-order valence-corrected chi connectivity index (χ3v) is 2.66. The molecule has 1 aromatic heterocycles. The van der Waals surface area contributed by atoms with Crippen LogP contribution < -0.4 is 5.32 Å². The fourth-order valence-electron chi connectivity index (χ4n) is 1.71. The molecule has 0 bridgehead atoms. The van der Waals surface area contributed by atoms with E-state index < -0.39 is 0 Å². The van der Waals surface area contributed by atoms with Crippen molar-refractivity contribution < 1.29 is 5.11 Å². The SMILES string of the molecule is CNC(Cc1ccc(O)cc1)c1cnccn1. The van der Waals surface area contributed by atoms with Gasteiger partial charge in [-0.05, 0) is 31.2 Å². The predicted molar refractivity (Wildman–Crippen MR) is 65.6 cm³/mol. The van der Waals surface area contributed by atoms with E-state index >= 15 is 0 Å². The number of hydrogen-bond acceptors (Lipinski definition) is 4. The van der Waals surface area contributed by atoms with E-state index in [1.807, 2.05) is 19.2 Å². The number of aromatic hydroxyl groups is 1. The Kier molecular flexibility index (Phi) is 3.67. The molecular formula is C13H15N3O. The van der Waals surface area contributed by atoms with Gasteiger partial charge in [0.05, 0.1) is 11.7 Å². The summed E-state index contributed by atoms with van der Waals surface area (Å²) in [5.74, 6) is 0.286. The van der Waals surface area contributed by atoms with E-state index in [0.29, 0.717) is 0 Å². The molecule has 0 amide bonds. The molecule has 1 heterocycles. The third-order valence-electron chi connectivity index (χ3n) is 2.66. The molecule has 2 rings (SSSR count). The maximum atomic E-state index is 9.23. The van der Waals surface area contributed by atoms with Crippen LogP contribution in [0.4, 0.5) is 0 Å². The molecule has 0 saturated heterocycles. The minimum Gasteiger partial charge on any atom is -0.508 e. The molecule has 1 aromatic carbocycles. The Morgan fingerprint density at radius 2 is 2.00 bits per heavy atom. The molecule has 0 spiro atoms. The van der Waals surface area contributed by atoms with Crippen molar-refractivity contribution in [3.63, 3.8) is 0 Å². The lowest BCUT2D eigenvalue weighted by Crippen LogP contribution is -2.20. The van der Waals surface area contributed by atoms with E-state index in [2.05, 4.69) is 15.3 Å². The number of nitrogens with zero attached hydrogens (tertiary/aromatic N) is 2. The fourth-order valence-corrected chi connectivity index (χ4v) is 1.71. The molecule has 4 nitrogen and oxygen atoms in total. The lowest BCUT2D eigenvalue weighted by atomic mass is 10.0. The van der Waals surface area contributed by atoms with Crippen molar-refractivity contribution in [2.24, 2.45) is 0 Å². The fraction of sp³-hybridized carbons (Fsp3) is 0.231. The van der Waals surface area contributed by atoms with Crippen molar-refractivity contribution in [3.8, 4) is 5.75 Å². The number of phenols is 1. The summed E-state index contributed by atoms with van der Waals surface area (Å²) in [6.45, 7) is 0. The van der Waals surface area contributed by atoms with Crippen LogP contribution in [0.15, 0.2) is 42.9 Å². The average Bonchev–Trinajstić information content (AvgIpc) is 2.39. The van der Waals surface area contributed by atoms with E-state index in [4.69, 9.17) is 0 Å². The summed E-state index contributed by atoms with van der Waals surface area (Å²) in [4.78, 5) is 8.36. The normalized spacial score (nSPS) is 12.3. The minimum atomic E-state index is 0.133. The smallest absolute Gasteiger partial charge is 0.115 e. The van der Waals surface area contributed by atoms with E-state index in [0.717, 1.165) is 17.7 Å². The number of phenolic OH excluding ortho intramolecular Hbond substituents is 1. The van der Waals surface area contributed by atoms with Crippen LogP contribution in [-0.2, 0) is 6.42 Å². The van der Waals surface area contributed by atoms with Crippen molar-refractivity contribution in [1.29, 1.82) is 0 Å². The van der Waals surface area contributed by atoms with Crippen molar-refractivity contribution in [1.82, 2.24) is 15.3 Å². The molecule has 17 heavy (non-hydrogen) atoms. The van der Waals surface area contributed by atoms with Gasteiger partial charge in [0.2, 0.25) is 0 Å². The Bertz CT molecular complexity index is 456. The summed E-state index contributed by atoms with van der Waals surface area (Å²) in [6.07, 6.45) is 5.93. The molecule has 2 aromatic rings. The highest BCUT2D eigenvalue weighted by atomic mass is 16.3. The Morgan fingerprint density at radius 3 is 2.59 bits per heavy atom. The van der Waals surface area contributed by atoms with Gasteiger partial charge in [0.15, 0.2) is 0 Å². The van der Waals surface area contributed by atoms with E-state index in [1.165, 1.54) is 0 Å². The first-order valence-corrected chi connectivity index (χ1v) is 5.50. The first-order chi connectivity index (χ1) is 8.29. The van der Waals surface area contributed by atoms with Gasteiger partial charge in [0.1, 0.15) is 5.75 Å². The zero-order valence-corrected chi connectivity index (χ0v) is 9.67. The molecule has 2 N–H and O–H groups in total. The highest BCUT2D eigenvalue weighted by molar-refractivity contribution is 5.27. The van der Waals surface area contributed by atoms with Crippen LogP contribution in [-0.4, -0.2) is 22.1 Å². The first-order valence-electron chi connectivity index (χ1n) is 5.50. The van der Waals surface area contributed by atoms with Crippen LogP contribution in [0.5, 0.6) is 5.75 Å². The Labute approximate surface area is 100 Å². The van der Waals surface area contributed by atoms with Gasteiger partial charge in [-0.3, -0.25) is 9.97 Å². The summed E-state index contributed by atoms with van der Waals surface area (Å²) < 4.78 is 0. The Balaban J connectivity index is 2.13. The second-order valence-electron chi connectivity index (χ2n) is 3.84. The van der Waals surface area contributed by atoms with Gasteiger partial charge in [0.25, 0.3) is 0 Å². The van der Waals surface area contributed by atoms with E-state index in [1.54, 1.807) is 30.7 Å². The summed E-state index contributed by atoms with van der Waals surface area (Å²) >= 11 is 0. The lowest BCUT2D eigenvalue weighted by molar-refractivity contribution is 0.474. The van der Waals surface area contributed by atoms with Crippen LogP contribution in [0.3, 0.4) is 0 Å². The summed E-state index contributed by atoms with van der Waals surface area (Å²) in [7, 11) is 1.90.